The molecule has 0 bridgehead atoms. The van der Waals surface area contributed by atoms with Crippen LogP contribution in [0, 0.1) is 0 Å². The molecule has 0 aliphatic carbocycles. The van der Waals surface area contributed by atoms with Crippen LogP contribution in [-0.2, 0) is 13.1 Å². The van der Waals surface area contributed by atoms with E-state index in [1.165, 1.54) is 4.57 Å². The molecule has 156 valence electrons. The first-order chi connectivity index (χ1) is 14.5. The number of aromatic nitrogens is 4. The quantitative estimate of drug-likeness (QED) is 0.454. The predicted octanol–water partition coefficient (Wildman–Crippen LogP) is 4.94. The van der Waals surface area contributed by atoms with E-state index < -0.39 is 11.2 Å². The molecule has 0 radical (unpaired) electrons. The number of aromatic amines is 1. The molecule has 4 rings (SSSR count). The van der Waals surface area contributed by atoms with Gasteiger partial charge in [0.2, 0.25) is 0 Å². The average Bonchev–Trinajstić information content (AvgIpc) is 3.34. The molecule has 0 aliphatic rings. The minimum Gasteiger partial charge on any atom is -0.453 e. The van der Waals surface area contributed by atoms with Gasteiger partial charge in [-0.15, -0.1) is 0 Å². The molecule has 0 unspecified atom stereocenters. The Balaban J connectivity index is 1.91. The number of fused-ring (bicyclic) bond motifs is 1. The summed E-state index contributed by atoms with van der Waals surface area (Å²) in [7, 11) is 0. The molecule has 1 aromatic carbocycles. The third-order valence-corrected chi connectivity index (χ3v) is 5.80. The number of nitrogens with one attached hydrogen (secondary N) is 1. The number of nitrogens with zero attached hydrogens (tertiary/aromatic N) is 3. The summed E-state index contributed by atoms with van der Waals surface area (Å²) in [5.74, 6) is 1.47. The second kappa shape index (κ2) is 8.16. The number of H-pyrrole nitrogens is 1. The molecule has 0 fully saturated rings. The zero-order valence-electron chi connectivity index (χ0n) is 16.5. The van der Waals surface area contributed by atoms with Gasteiger partial charge < -0.3 is 8.98 Å². The van der Waals surface area contributed by atoms with Gasteiger partial charge in [-0.2, -0.15) is 0 Å². The zero-order valence-corrected chi connectivity index (χ0v) is 18.0. The first-order valence-corrected chi connectivity index (χ1v) is 10.5. The SMILES string of the molecule is CCCCn1c(=O)[nH]c(=O)c2c1nc(-c1ccc(-c3cccc(Cl)c3Cl)o1)n2CC. The lowest BCUT2D eigenvalue weighted by Gasteiger charge is -2.06. The Kier molecular flexibility index (Phi) is 5.58. The molecule has 1 N–H and O–H groups in total. The number of halogens is 2. The number of rotatable bonds is 6. The monoisotopic (exact) mass is 446 g/mol. The molecule has 0 spiro atoms. The molecule has 0 amide bonds. The molecule has 0 atom stereocenters. The highest BCUT2D eigenvalue weighted by Crippen LogP contribution is 2.36. The van der Waals surface area contributed by atoms with Gasteiger partial charge in [-0.1, -0.05) is 42.6 Å². The standard InChI is InChI=1S/C21H20Cl2N4O3/c1-3-5-11-27-19-17(20(28)25-21(27)29)26(4-2)18(24-19)15-10-9-14(30-15)12-7-6-8-13(22)16(12)23/h6-10H,3-5,11H2,1-2H3,(H,25,28,29). The molecular weight excluding hydrogens is 427 g/mol. The lowest BCUT2D eigenvalue weighted by Crippen LogP contribution is -2.31. The summed E-state index contributed by atoms with van der Waals surface area (Å²) in [5, 5.41) is 0.827. The third-order valence-electron chi connectivity index (χ3n) is 4.98. The lowest BCUT2D eigenvalue weighted by molar-refractivity contribution is 0.585. The van der Waals surface area contributed by atoms with Gasteiger partial charge >= 0.3 is 5.69 Å². The Morgan fingerprint density at radius 2 is 1.83 bits per heavy atom. The maximum atomic E-state index is 12.6. The number of hydrogen-bond acceptors (Lipinski definition) is 4. The topological polar surface area (TPSA) is 85.8 Å². The molecule has 0 saturated carbocycles. The van der Waals surface area contributed by atoms with E-state index in [1.54, 1.807) is 28.8 Å². The van der Waals surface area contributed by atoms with E-state index in [4.69, 9.17) is 27.6 Å². The van der Waals surface area contributed by atoms with Crippen LogP contribution in [0.25, 0.3) is 34.1 Å². The van der Waals surface area contributed by atoms with Gasteiger partial charge in [0.25, 0.3) is 5.56 Å². The fraction of sp³-hybridized carbons (Fsp3) is 0.286. The van der Waals surface area contributed by atoms with Gasteiger partial charge in [0.15, 0.2) is 22.7 Å². The van der Waals surface area contributed by atoms with Crippen molar-refractivity contribution in [1.82, 2.24) is 19.1 Å². The van der Waals surface area contributed by atoms with Crippen LogP contribution in [-0.4, -0.2) is 19.1 Å². The van der Waals surface area contributed by atoms with E-state index in [1.807, 2.05) is 19.9 Å². The molecule has 0 saturated heterocycles. The van der Waals surface area contributed by atoms with Crippen molar-refractivity contribution in [3.8, 4) is 22.9 Å². The van der Waals surface area contributed by atoms with Crippen molar-refractivity contribution in [3.63, 3.8) is 0 Å². The first kappa shape index (κ1) is 20.5. The van der Waals surface area contributed by atoms with Gasteiger partial charge in [-0.25, -0.2) is 9.78 Å². The summed E-state index contributed by atoms with van der Waals surface area (Å²) in [6.45, 7) is 4.90. The van der Waals surface area contributed by atoms with Crippen LogP contribution < -0.4 is 11.2 Å². The number of benzene rings is 1. The minimum absolute atomic E-state index is 0.349. The van der Waals surface area contributed by atoms with Crippen LogP contribution in [0.5, 0.6) is 0 Å². The molecule has 3 heterocycles. The first-order valence-electron chi connectivity index (χ1n) is 9.74. The summed E-state index contributed by atoms with van der Waals surface area (Å²) in [6, 6.07) is 8.85. The minimum atomic E-state index is -0.465. The van der Waals surface area contributed by atoms with Gasteiger partial charge in [0.05, 0.1) is 10.0 Å². The third kappa shape index (κ3) is 3.38. The smallest absolute Gasteiger partial charge is 0.330 e. The second-order valence-electron chi connectivity index (χ2n) is 6.88. The number of unbranched alkanes of at least 4 members (excludes halogenated alkanes) is 1. The van der Waals surface area contributed by atoms with Crippen molar-refractivity contribution in [2.24, 2.45) is 0 Å². The fourth-order valence-corrected chi connectivity index (χ4v) is 3.88. The van der Waals surface area contributed by atoms with Crippen molar-refractivity contribution < 1.29 is 4.42 Å². The van der Waals surface area contributed by atoms with E-state index in [9.17, 15) is 9.59 Å². The van der Waals surface area contributed by atoms with Gasteiger partial charge in [0.1, 0.15) is 5.76 Å². The van der Waals surface area contributed by atoms with Crippen molar-refractivity contribution >= 4 is 34.4 Å². The molecule has 30 heavy (non-hydrogen) atoms. The Labute approximate surface area is 181 Å². The maximum absolute atomic E-state index is 12.6. The number of aryl methyl sites for hydroxylation is 2. The Morgan fingerprint density at radius 1 is 1.07 bits per heavy atom. The van der Waals surface area contributed by atoms with E-state index in [0.29, 0.717) is 57.2 Å². The lowest BCUT2D eigenvalue weighted by atomic mass is 10.2. The van der Waals surface area contributed by atoms with E-state index in [0.717, 1.165) is 12.8 Å². The zero-order chi connectivity index (χ0) is 21.4. The summed E-state index contributed by atoms with van der Waals surface area (Å²) in [6.07, 6.45) is 1.71. The summed E-state index contributed by atoms with van der Waals surface area (Å²) < 4.78 is 9.28. The number of hydrogen-bond donors (Lipinski definition) is 1. The van der Waals surface area contributed by atoms with Crippen LogP contribution in [0.3, 0.4) is 0 Å². The highest BCUT2D eigenvalue weighted by atomic mass is 35.5. The Hall–Kier alpha value is -2.77. The van der Waals surface area contributed by atoms with E-state index in [2.05, 4.69) is 9.97 Å². The Morgan fingerprint density at radius 3 is 2.57 bits per heavy atom. The van der Waals surface area contributed by atoms with Crippen LogP contribution in [0.15, 0.2) is 44.3 Å². The van der Waals surface area contributed by atoms with Crippen molar-refractivity contribution in [2.75, 3.05) is 0 Å². The number of imidazole rings is 1. The normalized spacial score (nSPS) is 11.5. The predicted molar refractivity (Wildman–Crippen MR) is 118 cm³/mol. The molecule has 9 heteroatoms. The van der Waals surface area contributed by atoms with Crippen LogP contribution in [0.4, 0.5) is 0 Å². The summed E-state index contributed by atoms with van der Waals surface area (Å²) >= 11 is 12.4. The van der Waals surface area contributed by atoms with Crippen molar-refractivity contribution in [1.29, 1.82) is 0 Å². The molecule has 4 aromatic rings. The van der Waals surface area contributed by atoms with Crippen molar-refractivity contribution in [3.05, 3.63) is 61.2 Å². The second-order valence-corrected chi connectivity index (χ2v) is 7.67. The highest BCUT2D eigenvalue weighted by Gasteiger charge is 2.21. The maximum Gasteiger partial charge on any atom is 0.330 e. The van der Waals surface area contributed by atoms with Crippen LogP contribution >= 0.6 is 23.2 Å². The number of furan rings is 1. The van der Waals surface area contributed by atoms with Crippen LogP contribution in [0.2, 0.25) is 10.0 Å². The van der Waals surface area contributed by atoms with Crippen molar-refractivity contribution in [2.45, 2.75) is 39.8 Å². The fourth-order valence-electron chi connectivity index (χ4n) is 3.49. The molecule has 7 nitrogen and oxygen atoms in total. The summed E-state index contributed by atoms with van der Waals surface area (Å²) in [4.78, 5) is 32.0. The highest BCUT2D eigenvalue weighted by molar-refractivity contribution is 6.43. The summed E-state index contributed by atoms with van der Waals surface area (Å²) in [5.41, 5.74) is 0.439. The molecule has 0 aliphatic heterocycles. The largest absolute Gasteiger partial charge is 0.453 e. The van der Waals surface area contributed by atoms with Crippen LogP contribution in [0.1, 0.15) is 26.7 Å². The van der Waals surface area contributed by atoms with Gasteiger partial charge in [-0.3, -0.25) is 14.3 Å². The molecular formula is C21H20Cl2N4O3. The molecule has 3 aromatic heterocycles. The Bertz CT molecular complexity index is 1350. The van der Waals surface area contributed by atoms with Gasteiger partial charge in [0, 0.05) is 18.7 Å². The average molecular weight is 447 g/mol. The van der Waals surface area contributed by atoms with E-state index >= 15 is 0 Å². The van der Waals surface area contributed by atoms with E-state index in [-0.39, 0.29) is 0 Å². The van der Waals surface area contributed by atoms with Gasteiger partial charge in [-0.05, 0) is 37.6 Å².